The zero-order valence-corrected chi connectivity index (χ0v) is 12.2. The molecule has 1 aromatic rings. The van der Waals surface area contributed by atoms with Crippen LogP contribution in [0.5, 0.6) is 0 Å². The Balaban J connectivity index is 2.98. The molecule has 0 fully saturated rings. The van der Waals surface area contributed by atoms with Crippen molar-refractivity contribution in [1.29, 1.82) is 0 Å². The van der Waals surface area contributed by atoms with E-state index in [2.05, 4.69) is 37.2 Å². The SMILES string of the molecule is CC(C)C(Nc1c(Br)cccc1Br)C(=O)O. The molecule has 0 saturated heterocycles. The van der Waals surface area contributed by atoms with Crippen molar-refractivity contribution in [2.45, 2.75) is 19.9 Å². The molecule has 1 aromatic carbocycles. The van der Waals surface area contributed by atoms with Crippen LogP contribution in [-0.2, 0) is 4.79 Å². The number of carboxylic acid groups (broad SMARTS) is 1. The van der Waals surface area contributed by atoms with Crippen molar-refractivity contribution >= 4 is 43.5 Å². The number of rotatable bonds is 4. The summed E-state index contributed by atoms with van der Waals surface area (Å²) in [6, 6.07) is 5.01. The molecule has 0 aliphatic heterocycles. The molecule has 1 atom stereocenters. The first kappa shape index (κ1) is 13.5. The van der Waals surface area contributed by atoms with E-state index >= 15 is 0 Å². The predicted molar refractivity (Wildman–Crippen MR) is 71.7 cm³/mol. The van der Waals surface area contributed by atoms with Crippen molar-refractivity contribution in [3.8, 4) is 0 Å². The zero-order valence-electron chi connectivity index (χ0n) is 9.00. The van der Waals surface area contributed by atoms with Crippen molar-refractivity contribution in [2.75, 3.05) is 5.32 Å². The van der Waals surface area contributed by atoms with E-state index in [1.54, 1.807) is 0 Å². The molecule has 0 aliphatic carbocycles. The molecule has 16 heavy (non-hydrogen) atoms. The highest BCUT2D eigenvalue weighted by Gasteiger charge is 2.22. The second-order valence-electron chi connectivity index (χ2n) is 3.80. The molecule has 0 amide bonds. The first-order valence-corrected chi connectivity index (χ1v) is 6.45. The number of benzene rings is 1. The second-order valence-corrected chi connectivity index (χ2v) is 5.51. The third-order valence-electron chi connectivity index (χ3n) is 2.20. The largest absolute Gasteiger partial charge is 0.480 e. The van der Waals surface area contributed by atoms with Gasteiger partial charge in [0.1, 0.15) is 6.04 Å². The Morgan fingerprint density at radius 2 is 1.81 bits per heavy atom. The summed E-state index contributed by atoms with van der Waals surface area (Å²) in [7, 11) is 0. The number of nitrogens with one attached hydrogen (secondary N) is 1. The van der Waals surface area contributed by atoms with Crippen LogP contribution in [0.3, 0.4) is 0 Å². The van der Waals surface area contributed by atoms with Crippen LogP contribution in [0.4, 0.5) is 5.69 Å². The number of anilines is 1. The van der Waals surface area contributed by atoms with Crippen LogP contribution < -0.4 is 5.32 Å². The summed E-state index contributed by atoms with van der Waals surface area (Å²) in [5.41, 5.74) is 0.767. The van der Waals surface area contributed by atoms with Crippen LogP contribution >= 0.6 is 31.9 Å². The van der Waals surface area contributed by atoms with Gasteiger partial charge in [-0.15, -0.1) is 0 Å². The fourth-order valence-electron chi connectivity index (χ4n) is 1.30. The van der Waals surface area contributed by atoms with Gasteiger partial charge in [-0.2, -0.15) is 0 Å². The summed E-state index contributed by atoms with van der Waals surface area (Å²) in [5.74, 6) is -0.839. The first-order valence-electron chi connectivity index (χ1n) is 4.87. The fourth-order valence-corrected chi connectivity index (χ4v) is 2.53. The van der Waals surface area contributed by atoms with Crippen LogP contribution in [0.15, 0.2) is 27.1 Å². The highest BCUT2D eigenvalue weighted by Crippen LogP contribution is 2.31. The van der Waals surface area contributed by atoms with Gasteiger partial charge in [-0.3, -0.25) is 0 Å². The Hall–Kier alpha value is -0.550. The van der Waals surface area contributed by atoms with Crippen molar-refractivity contribution in [3.05, 3.63) is 27.1 Å². The van der Waals surface area contributed by atoms with E-state index in [4.69, 9.17) is 5.11 Å². The topological polar surface area (TPSA) is 49.3 Å². The Morgan fingerprint density at radius 3 is 2.19 bits per heavy atom. The van der Waals surface area contributed by atoms with Crippen LogP contribution in [0, 0.1) is 5.92 Å². The maximum atomic E-state index is 11.1. The second kappa shape index (κ2) is 5.68. The van der Waals surface area contributed by atoms with E-state index < -0.39 is 12.0 Å². The Morgan fingerprint density at radius 1 is 1.31 bits per heavy atom. The van der Waals surface area contributed by atoms with Gasteiger partial charge in [-0.1, -0.05) is 19.9 Å². The molecule has 2 N–H and O–H groups in total. The summed E-state index contributed by atoms with van der Waals surface area (Å²) in [6.07, 6.45) is 0. The fraction of sp³-hybridized carbons (Fsp3) is 0.364. The van der Waals surface area contributed by atoms with E-state index in [0.717, 1.165) is 14.6 Å². The quantitative estimate of drug-likeness (QED) is 0.869. The number of carbonyl (C=O) groups is 1. The lowest BCUT2D eigenvalue weighted by molar-refractivity contribution is -0.138. The van der Waals surface area contributed by atoms with Gasteiger partial charge >= 0.3 is 5.97 Å². The normalized spacial score (nSPS) is 12.6. The molecule has 3 nitrogen and oxygen atoms in total. The van der Waals surface area contributed by atoms with E-state index in [9.17, 15) is 4.79 Å². The minimum atomic E-state index is -0.849. The third-order valence-corrected chi connectivity index (χ3v) is 3.52. The highest BCUT2D eigenvalue weighted by atomic mass is 79.9. The summed E-state index contributed by atoms with van der Waals surface area (Å²) < 4.78 is 1.68. The maximum Gasteiger partial charge on any atom is 0.326 e. The lowest BCUT2D eigenvalue weighted by Gasteiger charge is -2.20. The molecular weight excluding hydrogens is 338 g/mol. The van der Waals surface area contributed by atoms with E-state index in [-0.39, 0.29) is 5.92 Å². The minimum Gasteiger partial charge on any atom is -0.480 e. The van der Waals surface area contributed by atoms with E-state index in [1.807, 2.05) is 32.0 Å². The van der Waals surface area contributed by atoms with Crippen molar-refractivity contribution in [3.63, 3.8) is 0 Å². The van der Waals surface area contributed by atoms with Crippen LogP contribution in [-0.4, -0.2) is 17.1 Å². The Kier molecular flexibility index (Phi) is 4.80. The molecule has 0 aromatic heterocycles. The molecule has 5 heteroatoms. The minimum absolute atomic E-state index is 0.0107. The van der Waals surface area contributed by atoms with Gasteiger partial charge in [0, 0.05) is 8.95 Å². The summed E-state index contributed by atoms with van der Waals surface area (Å²) >= 11 is 6.78. The molecule has 1 unspecified atom stereocenters. The van der Waals surface area contributed by atoms with Gasteiger partial charge in [0.05, 0.1) is 5.69 Å². The number of hydrogen-bond donors (Lipinski definition) is 2. The lowest BCUT2D eigenvalue weighted by Crippen LogP contribution is -2.34. The predicted octanol–water partition coefficient (Wildman–Crippen LogP) is 3.73. The van der Waals surface area contributed by atoms with Crippen molar-refractivity contribution in [2.24, 2.45) is 5.92 Å². The molecule has 0 spiro atoms. The number of carboxylic acids is 1. The van der Waals surface area contributed by atoms with Gasteiger partial charge in [-0.05, 0) is 49.9 Å². The van der Waals surface area contributed by atoms with E-state index in [1.165, 1.54) is 0 Å². The van der Waals surface area contributed by atoms with Gasteiger partial charge in [-0.25, -0.2) is 4.79 Å². The molecule has 88 valence electrons. The Labute approximate surface area is 111 Å². The summed E-state index contributed by atoms with van der Waals surface area (Å²) in [5, 5.41) is 12.1. The highest BCUT2D eigenvalue weighted by molar-refractivity contribution is 9.11. The monoisotopic (exact) mass is 349 g/mol. The van der Waals surface area contributed by atoms with Crippen molar-refractivity contribution in [1.82, 2.24) is 0 Å². The Bertz CT molecular complexity index is 373. The van der Waals surface area contributed by atoms with Gasteiger partial charge in [0.15, 0.2) is 0 Å². The zero-order chi connectivity index (χ0) is 12.3. The van der Waals surface area contributed by atoms with Gasteiger partial charge < -0.3 is 10.4 Å². The molecule has 0 aliphatic rings. The van der Waals surface area contributed by atoms with Gasteiger partial charge in [0.25, 0.3) is 0 Å². The first-order chi connectivity index (χ1) is 7.43. The number of halogens is 2. The van der Waals surface area contributed by atoms with Crippen LogP contribution in [0.25, 0.3) is 0 Å². The maximum absolute atomic E-state index is 11.1. The number of hydrogen-bond acceptors (Lipinski definition) is 2. The third kappa shape index (κ3) is 3.22. The molecule has 1 rings (SSSR count). The molecule has 0 bridgehead atoms. The summed E-state index contributed by atoms with van der Waals surface area (Å²) in [4.78, 5) is 11.1. The number of aliphatic carboxylic acids is 1. The standard InChI is InChI=1S/C11H13Br2NO2/c1-6(2)9(11(15)16)14-10-7(12)4-3-5-8(10)13/h3-6,9,14H,1-2H3,(H,15,16). The molecule has 0 saturated carbocycles. The van der Waals surface area contributed by atoms with Crippen molar-refractivity contribution < 1.29 is 9.90 Å². The smallest absolute Gasteiger partial charge is 0.326 e. The van der Waals surface area contributed by atoms with Crippen LogP contribution in [0.1, 0.15) is 13.8 Å². The average Bonchev–Trinajstić information content (AvgIpc) is 2.15. The number of para-hydroxylation sites is 1. The molecule has 0 heterocycles. The molecular formula is C11H13Br2NO2. The van der Waals surface area contributed by atoms with Crippen LogP contribution in [0.2, 0.25) is 0 Å². The average molecular weight is 351 g/mol. The summed E-state index contributed by atoms with van der Waals surface area (Å²) in [6.45, 7) is 3.74. The lowest BCUT2D eigenvalue weighted by atomic mass is 10.0. The van der Waals surface area contributed by atoms with E-state index in [0.29, 0.717) is 0 Å². The molecule has 0 radical (unpaired) electrons. The van der Waals surface area contributed by atoms with Gasteiger partial charge in [0.2, 0.25) is 0 Å².